The highest BCUT2D eigenvalue weighted by molar-refractivity contribution is 6.22. The van der Waals surface area contributed by atoms with Crippen LogP contribution in [0.3, 0.4) is 0 Å². The number of fused-ring (bicyclic) bond motifs is 1. The summed E-state index contributed by atoms with van der Waals surface area (Å²) in [6.45, 7) is -0.120. The van der Waals surface area contributed by atoms with Crippen molar-refractivity contribution in [3.05, 3.63) is 64.7 Å². The Labute approximate surface area is 132 Å². The summed E-state index contributed by atoms with van der Waals surface area (Å²) in [5, 5.41) is 11.8. The molecule has 0 spiro atoms. The second kappa shape index (κ2) is 5.66. The highest BCUT2D eigenvalue weighted by atomic mass is 16.3. The lowest BCUT2D eigenvalue weighted by Gasteiger charge is -2.07. The molecule has 1 aliphatic rings. The van der Waals surface area contributed by atoms with Crippen LogP contribution in [0.5, 0.6) is 0 Å². The molecule has 0 aliphatic carbocycles. The molecule has 0 saturated heterocycles. The molecule has 3 rings (SSSR count). The van der Waals surface area contributed by atoms with E-state index in [1.54, 1.807) is 24.3 Å². The predicted molar refractivity (Wildman–Crippen MR) is 83.2 cm³/mol. The number of rotatable bonds is 3. The first-order chi connectivity index (χ1) is 11.0. The van der Waals surface area contributed by atoms with Crippen molar-refractivity contribution >= 4 is 23.4 Å². The van der Waals surface area contributed by atoms with Crippen LogP contribution in [0, 0.1) is 0 Å². The SMILES string of the molecule is CN1C(=O)c2ccc(C(=O)Nc3cccc(CO)c3)cc2C1=O. The Morgan fingerprint density at radius 2 is 1.83 bits per heavy atom. The molecule has 0 saturated carbocycles. The number of anilines is 1. The van der Waals surface area contributed by atoms with Crippen molar-refractivity contribution in [3.63, 3.8) is 0 Å². The Morgan fingerprint density at radius 1 is 1.09 bits per heavy atom. The predicted octanol–water partition coefficient (Wildman–Crippen LogP) is 1.66. The number of amides is 3. The fourth-order valence-electron chi connectivity index (χ4n) is 2.45. The number of carbonyl (C=O) groups excluding carboxylic acids is 3. The smallest absolute Gasteiger partial charge is 0.261 e. The average molecular weight is 310 g/mol. The summed E-state index contributed by atoms with van der Waals surface area (Å²) < 4.78 is 0. The molecule has 6 nitrogen and oxygen atoms in total. The van der Waals surface area contributed by atoms with Gasteiger partial charge in [-0.05, 0) is 35.9 Å². The van der Waals surface area contributed by atoms with Gasteiger partial charge in [0.05, 0.1) is 17.7 Å². The fraction of sp³-hybridized carbons (Fsp3) is 0.118. The normalized spacial score (nSPS) is 13.2. The van der Waals surface area contributed by atoms with Crippen LogP contribution >= 0.6 is 0 Å². The molecule has 1 heterocycles. The zero-order valence-electron chi connectivity index (χ0n) is 12.4. The Balaban J connectivity index is 1.87. The third kappa shape index (κ3) is 2.60. The van der Waals surface area contributed by atoms with Crippen molar-refractivity contribution in [1.82, 2.24) is 4.90 Å². The molecule has 0 radical (unpaired) electrons. The number of aliphatic hydroxyl groups is 1. The highest BCUT2D eigenvalue weighted by Gasteiger charge is 2.33. The number of hydrogen-bond donors (Lipinski definition) is 2. The van der Waals surface area contributed by atoms with Gasteiger partial charge in [0.1, 0.15) is 0 Å². The molecular formula is C17H14N2O4. The Hall–Kier alpha value is -2.99. The van der Waals surface area contributed by atoms with Gasteiger partial charge in [0.2, 0.25) is 0 Å². The van der Waals surface area contributed by atoms with E-state index >= 15 is 0 Å². The Morgan fingerprint density at radius 3 is 2.57 bits per heavy atom. The molecule has 116 valence electrons. The van der Waals surface area contributed by atoms with E-state index in [1.165, 1.54) is 25.2 Å². The van der Waals surface area contributed by atoms with Gasteiger partial charge in [-0.2, -0.15) is 0 Å². The van der Waals surface area contributed by atoms with Crippen molar-refractivity contribution in [1.29, 1.82) is 0 Å². The van der Waals surface area contributed by atoms with Crippen LogP contribution in [0.2, 0.25) is 0 Å². The minimum atomic E-state index is -0.415. The highest BCUT2D eigenvalue weighted by Crippen LogP contribution is 2.23. The molecule has 2 aromatic carbocycles. The van der Waals surface area contributed by atoms with Crippen LogP contribution in [0.25, 0.3) is 0 Å². The number of carbonyl (C=O) groups is 3. The van der Waals surface area contributed by atoms with E-state index in [9.17, 15) is 14.4 Å². The molecule has 23 heavy (non-hydrogen) atoms. The summed E-state index contributed by atoms with van der Waals surface area (Å²) in [6.07, 6.45) is 0. The lowest BCUT2D eigenvalue weighted by atomic mass is 10.1. The van der Waals surface area contributed by atoms with E-state index < -0.39 is 11.8 Å². The zero-order valence-corrected chi connectivity index (χ0v) is 12.4. The van der Waals surface area contributed by atoms with Gasteiger partial charge in [-0.1, -0.05) is 12.1 Å². The number of nitrogens with zero attached hydrogens (tertiary/aromatic N) is 1. The van der Waals surface area contributed by atoms with Gasteiger partial charge in [0.25, 0.3) is 17.7 Å². The van der Waals surface area contributed by atoms with Crippen molar-refractivity contribution in [2.75, 3.05) is 12.4 Å². The van der Waals surface area contributed by atoms with Crippen LogP contribution in [-0.4, -0.2) is 34.8 Å². The fourth-order valence-corrected chi connectivity index (χ4v) is 2.45. The molecule has 0 atom stereocenters. The first kappa shape index (κ1) is 14.9. The molecule has 0 fully saturated rings. The van der Waals surface area contributed by atoms with E-state index in [1.807, 2.05) is 0 Å². The summed E-state index contributed by atoms with van der Waals surface area (Å²) >= 11 is 0. The molecule has 0 aromatic heterocycles. The van der Waals surface area contributed by atoms with Crippen molar-refractivity contribution in [3.8, 4) is 0 Å². The topological polar surface area (TPSA) is 86.7 Å². The summed E-state index contributed by atoms with van der Waals surface area (Å²) in [7, 11) is 1.41. The molecule has 2 N–H and O–H groups in total. The maximum Gasteiger partial charge on any atom is 0.261 e. The first-order valence-corrected chi connectivity index (χ1v) is 6.99. The van der Waals surface area contributed by atoms with Crippen molar-refractivity contribution in [2.24, 2.45) is 0 Å². The molecule has 1 aliphatic heterocycles. The van der Waals surface area contributed by atoms with Gasteiger partial charge in [0.15, 0.2) is 0 Å². The van der Waals surface area contributed by atoms with Crippen LogP contribution in [0.1, 0.15) is 36.6 Å². The first-order valence-electron chi connectivity index (χ1n) is 6.99. The number of nitrogens with one attached hydrogen (secondary N) is 1. The van der Waals surface area contributed by atoms with Crippen LogP contribution < -0.4 is 5.32 Å². The van der Waals surface area contributed by atoms with Gasteiger partial charge in [0, 0.05) is 18.3 Å². The van der Waals surface area contributed by atoms with Crippen LogP contribution in [-0.2, 0) is 6.61 Å². The molecule has 0 unspecified atom stereocenters. The molecule has 3 amide bonds. The standard InChI is InChI=1S/C17H14N2O4/c1-19-16(22)13-6-5-11(8-14(13)17(19)23)15(21)18-12-4-2-3-10(7-12)9-20/h2-8,20H,9H2,1H3,(H,18,21). The van der Waals surface area contributed by atoms with Crippen molar-refractivity contribution < 1.29 is 19.5 Å². The monoisotopic (exact) mass is 310 g/mol. The van der Waals surface area contributed by atoms with Crippen molar-refractivity contribution in [2.45, 2.75) is 6.61 Å². The maximum atomic E-state index is 12.3. The van der Waals surface area contributed by atoms with E-state index in [0.29, 0.717) is 16.8 Å². The molecular weight excluding hydrogens is 296 g/mol. The summed E-state index contributed by atoms with van der Waals surface area (Å²) in [5.74, 6) is -1.17. The number of hydrogen-bond acceptors (Lipinski definition) is 4. The Bertz CT molecular complexity index is 829. The lowest BCUT2D eigenvalue weighted by molar-refractivity contribution is 0.0693. The van der Waals surface area contributed by atoms with Crippen LogP contribution in [0.15, 0.2) is 42.5 Å². The summed E-state index contributed by atoms with van der Waals surface area (Å²) in [4.78, 5) is 37.1. The quantitative estimate of drug-likeness (QED) is 0.844. The molecule has 6 heteroatoms. The van der Waals surface area contributed by atoms with Gasteiger partial charge in [-0.15, -0.1) is 0 Å². The van der Waals surface area contributed by atoms with E-state index in [2.05, 4.69) is 5.32 Å². The van der Waals surface area contributed by atoms with Gasteiger partial charge in [-0.25, -0.2) is 0 Å². The second-order valence-electron chi connectivity index (χ2n) is 5.24. The van der Waals surface area contributed by atoms with E-state index in [0.717, 1.165) is 4.90 Å². The van der Waals surface area contributed by atoms with Gasteiger partial charge < -0.3 is 10.4 Å². The maximum absolute atomic E-state index is 12.3. The largest absolute Gasteiger partial charge is 0.392 e. The third-order valence-corrected chi connectivity index (χ3v) is 3.72. The summed E-state index contributed by atoms with van der Waals surface area (Å²) in [6, 6.07) is 11.2. The van der Waals surface area contributed by atoms with Crippen LogP contribution in [0.4, 0.5) is 5.69 Å². The molecule has 0 bridgehead atoms. The van der Waals surface area contributed by atoms with E-state index in [4.69, 9.17) is 5.11 Å². The zero-order chi connectivity index (χ0) is 16.6. The minimum Gasteiger partial charge on any atom is -0.392 e. The number of benzene rings is 2. The minimum absolute atomic E-state index is 0.120. The lowest BCUT2D eigenvalue weighted by Crippen LogP contribution is -2.24. The second-order valence-corrected chi connectivity index (χ2v) is 5.24. The summed E-state index contributed by atoms with van der Waals surface area (Å²) in [5.41, 5.74) is 2.04. The van der Waals surface area contributed by atoms with Gasteiger partial charge >= 0.3 is 0 Å². The average Bonchev–Trinajstić information content (AvgIpc) is 2.79. The number of imide groups is 1. The number of aliphatic hydroxyl groups excluding tert-OH is 1. The Kier molecular flexibility index (Phi) is 3.67. The van der Waals surface area contributed by atoms with E-state index in [-0.39, 0.29) is 23.6 Å². The molecule has 2 aromatic rings. The van der Waals surface area contributed by atoms with Gasteiger partial charge in [-0.3, -0.25) is 19.3 Å². The third-order valence-electron chi connectivity index (χ3n) is 3.72.